The van der Waals surface area contributed by atoms with E-state index >= 15 is 0 Å². The summed E-state index contributed by atoms with van der Waals surface area (Å²) < 4.78 is 5.63. The lowest BCUT2D eigenvalue weighted by atomic mass is 10.0. The van der Waals surface area contributed by atoms with Crippen LogP contribution in [0.2, 0.25) is 0 Å². The topological polar surface area (TPSA) is 86.9 Å². The molecule has 6 heteroatoms. The summed E-state index contributed by atoms with van der Waals surface area (Å²) >= 11 is 0. The Morgan fingerprint density at radius 3 is 2.50 bits per heavy atom. The summed E-state index contributed by atoms with van der Waals surface area (Å²) in [4.78, 5) is 10.6. The third-order valence-corrected chi connectivity index (χ3v) is 6.28. The van der Waals surface area contributed by atoms with Crippen molar-refractivity contribution in [3.63, 3.8) is 0 Å². The number of aromatic nitrogens is 1. The second kappa shape index (κ2) is 9.61. The number of hydrogen-bond acceptors (Lipinski definition) is 5. The van der Waals surface area contributed by atoms with Crippen LogP contribution in [0.5, 0.6) is 11.6 Å². The molecule has 0 radical (unpaired) electrons. The first-order valence-corrected chi connectivity index (χ1v) is 11.8. The number of fused-ring (bicyclic) bond motifs is 1. The van der Waals surface area contributed by atoms with E-state index in [0.29, 0.717) is 29.3 Å². The molecule has 0 saturated carbocycles. The monoisotopic (exact) mass is 454 g/mol. The lowest BCUT2D eigenvalue weighted by molar-refractivity contribution is 0.331. The first-order chi connectivity index (χ1) is 16.6. The molecule has 6 nitrogen and oxygen atoms in total. The van der Waals surface area contributed by atoms with Crippen molar-refractivity contribution in [3.8, 4) is 11.6 Å². The highest BCUT2D eigenvalue weighted by Crippen LogP contribution is 2.36. The number of nitrogens with zero attached hydrogens (tertiary/aromatic N) is 2. The van der Waals surface area contributed by atoms with Gasteiger partial charge in [-0.25, -0.2) is 4.99 Å². The third kappa shape index (κ3) is 4.50. The Morgan fingerprint density at radius 2 is 1.79 bits per heavy atom. The van der Waals surface area contributed by atoms with E-state index in [1.54, 1.807) is 0 Å². The van der Waals surface area contributed by atoms with E-state index < -0.39 is 0 Å². The summed E-state index contributed by atoms with van der Waals surface area (Å²) in [6.45, 7) is 5.75. The van der Waals surface area contributed by atoms with Crippen LogP contribution in [0.1, 0.15) is 36.5 Å². The second-order valence-corrected chi connectivity index (χ2v) is 8.69. The van der Waals surface area contributed by atoms with Crippen molar-refractivity contribution in [1.82, 2.24) is 9.88 Å². The second-order valence-electron chi connectivity index (χ2n) is 8.69. The molecule has 1 aliphatic rings. The molecule has 2 heterocycles. The molecule has 5 rings (SSSR count). The van der Waals surface area contributed by atoms with Crippen LogP contribution in [-0.2, 0) is 6.54 Å². The van der Waals surface area contributed by atoms with Crippen LogP contribution in [0.15, 0.2) is 71.7 Å². The minimum atomic E-state index is 0.0521. The molecule has 1 fully saturated rings. The maximum Gasteiger partial charge on any atom is 0.199 e. The molecule has 1 saturated heterocycles. The van der Waals surface area contributed by atoms with Crippen LogP contribution in [0.4, 0.5) is 11.4 Å². The summed E-state index contributed by atoms with van der Waals surface area (Å²) in [5.41, 5.74) is 11.9. The third-order valence-electron chi connectivity index (χ3n) is 6.28. The van der Waals surface area contributed by atoms with Gasteiger partial charge in [-0.2, -0.15) is 0 Å². The SMILES string of the molecule is CCOc1cc2[nH]c(O)c(C(=Nc3ccc(CN4CCCC4)cc3)c3ccccc3)c2cc1N. The molecule has 0 amide bonds. The molecule has 0 aliphatic carbocycles. The van der Waals surface area contributed by atoms with E-state index in [9.17, 15) is 5.11 Å². The van der Waals surface area contributed by atoms with Gasteiger partial charge in [0.1, 0.15) is 5.75 Å². The van der Waals surface area contributed by atoms with Gasteiger partial charge in [-0.15, -0.1) is 0 Å². The highest BCUT2D eigenvalue weighted by Gasteiger charge is 2.20. The van der Waals surface area contributed by atoms with E-state index in [-0.39, 0.29) is 5.88 Å². The molecule has 1 aliphatic heterocycles. The molecule has 1 aromatic heterocycles. The fourth-order valence-electron chi connectivity index (χ4n) is 4.61. The van der Waals surface area contributed by atoms with Crippen LogP contribution in [0.25, 0.3) is 10.9 Å². The number of nitrogens with two attached hydrogens (primary N) is 1. The van der Waals surface area contributed by atoms with Crippen molar-refractivity contribution in [2.75, 3.05) is 25.4 Å². The van der Waals surface area contributed by atoms with Gasteiger partial charge in [0, 0.05) is 23.6 Å². The Kier molecular flexibility index (Phi) is 6.23. The molecule has 34 heavy (non-hydrogen) atoms. The average molecular weight is 455 g/mol. The molecular formula is C28H30N4O2. The minimum Gasteiger partial charge on any atom is -0.494 e. The highest BCUT2D eigenvalue weighted by molar-refractivity contribution is 6.22. The molecule has 174 valence electrons. The smallest absolute Gasteiger partial charge is 0.199 e. The molecular weight excluding hydrogens is 424 g/mol. The van der Waals surface area contributed by atoms with E-state index in [2.05, 4.69) is 22.0 Å². The largest absolute Gasteiger partial charge is 0.494 e. The Morgan fingerprint density at radius 1 is 1.06 bits per heavy atom. The van der Waals surface area contributed by atoms with Crippen LogP contribution in [0, 0.1) is 0 Å². The number of anilines is 1. The van der Waals surface area contributed by atoms with Gasteiger partial charge in [0.25, 0.3) is 0 Å². The van der Waals surface area contributed by atoms with Crippen LogP contribution in [-0.4, -0.2) is 40.4 Å². The molecule has 4 N–H and O–H groups in total. The average Bonchev–Trinajstić information content (AvgIpc) is 3.47. The van der Waals surface area contributed by atoms with Crippen molar-refractivity contribution in [3.05, 3.63) is 83.4 Å². The maximum atomic E-state index is 10.9. The first kappa shape index (κ1) is 22.0. The van der Waals surface area contributed by atoms with E-state index in [4.69, 9.17) is 15.5 Å². The number of aliphatic imine (C=N–C) groups is 1. The molecule has 4 aromatic rings. The Labute approximate surface area is 199 Å². The van der Waals surface area contributed by atoms with Gasteiger partial charge in [0.2, 0.25) is 0 Å². The zero-order valence-electron chi connectivity index (χ0n) is 19.4. The zero-order valence-corrected chi connectivity index (χ0v) is 19.4. The van der Waals surface area contributed by atoms with E-state index in [1.807, 2.05) is 61.5 Å². The number of nitrogens with one attached hydrogen (secondary N) is 1. The summed E-state index contributed by atoms with van der Waals surface area (Å²) in [6, 6.07) is 21.9. The number of H-pyrrole nitrogens is 1. The predicted octanol–water partition coefficient (Wildman–Crippen LogP) is 5.62. The van der Waals surface area contributed by atoms with Gasteiger partial charge >= 0.3 is 0 Å². The minimum absolute atomic E-state index is 0.0521. The molecule has 3 aromatic carbocycles. The van der Waals surface area contributed by atoms with Crippen molar-refractivity contribution in [1.29, 1.82) is 0 Å². The number of hydrogen-bond donors (Lipinski definition) is 3. The number of ether oxygens (including phenoxy) is 1. The first-order valence-electron chi connectivity index (χ1n) is 11.8. The highest BCUT2D eigenvalue weighted by atomic mass is 16.5. The normalized spacial score (nSPS) is 14.7. The van der Waals surface area contributed by atoms with Crippen molar-refractivity contribution < 1.29 is 9.84 Å². The van der Waals surface area contributed by atoms with E-state index in [1.165, 1.54) is 31.5 Å². The van der Waals surface area contributed by atoms with Gasteiger partial charge < -0.3 is 20.6 Å². The fourth-order valence-corrected chi connectivity index (χ4v) is 4.61. The fraction of sp³-hybridized carbons (Fsp3) is 0.250. The predicted molar refractivity (Wildman–Crippen MR) is 138 cm³/mol. The van der Waals surface area contributed by atoms with Gasteiger partial charge in [-0.3, -0.25) is 4.90 Å². The van der Waals surface area contributed by atoms with Crippen molar-refractivity contribution >= 4 is 28.0 Å². The van der Waals surface area contributed by atoms with Crippen LogP contribution >= 0.6 is 0 Å². The molecule has 0 unspecified atom stereocenters. The zero-order chi connectivity index (χ0) is 23.5. The summed E-state index contributed by atoms with van der Waals surface area (Å²) in [5.74, 6) is 0.644. The molecule has 0 bridgehead atoms. The standard InChI is InChI=1S/C28H30N4O2/c1-2-34-25-17-24-22(16-23(25)29)26(28(33)31-24)27(20-8-4-3-5-9-20)30-21-12-10-19(11-13-21)18-32-14-6-7-15-32/h3-5,8-13,16-17,31,33H,2,6-7,14-15,18,29H2,1H3. The maximum absolute atomic E-state index is 10.9. The lowest BCUT2D eigenvalue weighted by Gasteiger charge is -2.14. The van der Waals surface area contributed by atoms with Crippen LogP contribution < -0.4 is 10.5 Å². The Hall–Kier alpha value is -3.77. The van der Waals surface area contributed by atoms with Gasteiger partial charge in [0.05, 0.1) is 34.8 Å². The quantitative estimate of drug-likeness (QED) is 0.250. The summed E-state index contributed by atoms with van der Waals surface area (Å²) in [7, 11) is 0. The van der Waals surface area contributed by atoms with Crippen molar-refractivity contribution in [2.45, 2.75) is 26.3 Å². The number of aromatic hydroxyl groups is 1. The Bertz CT molecular complexity index is 1300. The van der Waals surface area contributed by atoms with Crippen molar-refractivity contribution in [2.24, 2.45) is 4.99 Å². The number of nitrogen functional groups attached to an aromatic ring is 1. The number of rotatable bonds is 7. The summed E-state index contributed by atoms with van der Waals surface area (Å²) in [6.07, 6.45) is 2.57. The van der Waals surface area contributed by atoms with Gasteiger partial charge in [-0.1, -0.05) is 42.5 Å². The molecule has 0 atom stereocenters. The number of benzene rings is 3. The molecule has 0 spiro atoms. The summed E-state index contributed by atoms with van der Waals surface area (Å²) in [5, 5.41) is 11.7. The van der Waals surface area contributed by atoms with E-state index in [0.717, 1.165) is 28.7 Å². The number of likely N-dealkylation sites (tertiary alicyclic amines) is 1. The lowest BCUT2D eigenvalue weighted by Crippen LogP contribution is -2.18. The van der Waals surface area contributed by atoms with Gasteiger partial charge in [-0.05, 0) is 56.6 Å². The van der Waals surface area contributed by atoms with Crippen LogP contribution in [0.3, 0.4) is 0 Å². The van der Waals surface area contributed by atoms with Gasteiger partial charge in [0.15, 0.2) is 5.88 Å². The Balaban J connectivity index is 1.57. The number of aromatic amines is 1.